The molecule has 0 fully saturated rings. The fourth-order valence-electron chi connectivity index (χ4n) is 3.15. The van der Waals surface area contributed by atoms with E-state index in [1.165, 1.54) is 6.07 Å². The van der Waals surface area contributed by atoms with Crippen molar-refractivity contribution in [3.63, 3.8) is 0 Å². The largest absolute Gasteiger partial charge is 0.508 e. The zero-order chi connectivity index (χ0) is 17.7. The number of aryl methyl sites for hydroxylation is 1. The highest BCUT2D eigenvalue weighted by molar-refractivity contribution is 5.82. The van der Waals surface area contributed by atoms with Gasteiger partial charge < -0.3 is 14.8 Å². The van der Waals surface area contributed by atoms with Crippen molar-refractivity contribution < 1.29 is 10.2 Å². The van der Waals surface area contributed by atoms with Crippen LogP contribution in [-0.2, 0) is 7.05 Å². The van der Waals surface area contributed by atoms with E-state index in [0.717, 1.165) is 22.2 Å². The Bertz CT molecular complexity index is 1070. The van der Waals surface area contributed by atoms with Crippen LogP contribution < -0.4 is 0 Å². The summed E-state index contributed by atoms with van der Waals surface area (Å²) in [4.78, 5) is 0. The van der Waals surface area contributed by atoms with Crippen LogP contribution in [-0.4, -0.2) is 29.8 Å². The van der Waals surface area contributed by atoms with Gasteiger partial charge in [0, 0.05) is 30.2 Å². The summed E-state index contributed by atoms with van der Waals surface area (Å²) in [6.45, 7) is 4.00. The molecule has 6 nitrogen and oxygen atoms in total. The molecule has 0 spiro atoms. The molecule has 0 aliphatic rings. The molecule has 0 aliphatic carbocycles. The van der Waals surface area contributed by atoms with Gasteiger partial charge in [0.05, 0.1) is 11.3 Å². The van der Waals surface area contributed by atoms with Crippen LogP contribution in [0.5, 0.6) is 11.5 Å². The summed E-state index contributed by atoms with van der Waals surface area (Å²) in [5.41, 5.74) is 3.45. The van der Waals surface area contributed by atoms with Crippen molar-refractivity contribution in [1.82, 2.24) is 19.6 Å². The number of nitrogens with one attached hydrogen (secondary N) is 1. The van der Waals surface area contributed by atoms with Gasteiger partial charge in [-0.3, -0.25) is 0 Å². The van der Waals surface area contributed by atoms with E-state index in [0.29, 0.717) is 11.4 Å². The van der Waals surface area contributed by atoms with Crippen molar-refractivity contribution >= 4 is 10.9 Å². The summed E-state index contributed by atoms with van der Waals surface area (Å²) in [6, 6.07) is 11.4. The van der Waals surface area contributed by atoms with Crippen LogP contribution >= 0.6 is 0 Å². The molecule has 6 heteroatoms. The third-order valence-corrected chi connectivity index (χ3v) is 4.60. The van der Waals surface area contributed by atoms with Crippen LogP contribution in [0.1, 0.15) is 25.3 Å². The number of aromatic amines is 1. The number of phenols is 2. The molecule has 2 heterocycles. The summed E-state index contributed by atoms with van der Waals surface area (Å²) >= 11 is 0. The Labute approximate surface area is 144 Å². The molecule has 0 radical (unpaired) electrons. The Morgan fingerprint density at radius 2 is 1.84 bits per heavy atom. The average Bonchev–Trinajstić information content (AvgIpc) is 2.89. The number of rotatable bonds is 3. The highest BCUT2D eigenvalue weighted by Gasteiger charge is 2.19. The van der Waals surface area contributed by atoms with Crippen molar-refractivity contribution in [1.29, 1.82) is 0 Å². The Morgan fingerprint density at radius 3 is 2.52 bits per heavy atom. The maximum absolute atomic E-state index is 10.3. The number of phenolic OH excluding ortho intramolecular Hbond substituents is 2. The Kier molecular flexibility index (Phi) is 3.35. The van der Waals surface area contributed by atoms with E-state index in [4.69, 9.17) is 0 Å². The summed E-state index contributed by atoms with van der Waals surface area (Å²) in [5.74, 6) is 0.867. The molecule has 25 heavy (non-hydrogen) atoms. The minimum Gasteiger partial charge on any atom is -0.508 e. The van der Waals surface area contributed by atoms with Gasteiger partial charge in [0.2, 0.25) is 0 Å². The topological polar surface area (TPSA) is 79.0 Å². The second-order valence-corrected chi connectivity index (χ2v) is 6.62. The van der Waals surface area contributed by atoms with E-state index >= 15 is 0 Å². The second kappa shape index (κ2) is 5.44. The lowest BCUT2D eigenvalue weighted by molar-refractivity contribution is 0.444. The molecule has 0 amide bonds. The van der Waals surface area contributed by atoms with E-state index in [2.05, 4.69) is 33.1 Å². The summed E-state index contributed by atoms with van der Waals surface area (Å²) in [7, 11) is 2.01. The van der Waals surface area contributed by atoms with E-state index in [1.54, 1.807) is 6.07 Å². The van der Waals surface area contributed by atoms with Gasteiger partial charge in [-0.05, 0) is 41.8 Å². The van der Waals surface area contributed by atoms with Gasteiger partial charge in [-0.1, -0.05) is 13.8 Å². The SMILES string of the molecule is CC(C)c1cc(-c2n[nH]n2-c2ccc3c(ccn3C)c2)c(O)cc1O. The van der Waals surface area contributed by atoms with Crippen molar-refractivity contribution in [2.75, 3.05) is 0 Å². The molecular weight excluding hydrogens is 316 g/mol. The lowest BCUT2D eigenvalue weighted by atomic mass is 9.98. The minimum atomic E-state index is 0.00735. The highest BCUT2D eigenvalue weighted by atomic mass is 16.3. The molecule has 128 valence electrons. The first-order valence-corrected chi connectivity index (χ1v) is 8.20. The Morgan fingerprint density at radius 1 is 1.04 bits per heavy atom. The third-order valence-electron chi connectivity index (χ3n) is 4.60. The number of aromatic nitrogens is 4. The second-order valence-electron chi connectivity index (χ2n) is 6.62. The molecule has 4 rings (SSSR count). The van der Waals surface area contributed by atoms with Crippen molar-refractivity contribution in [3.05, 3.63) is 48.2 Å². The zero-order valence-electron chi connectivity index (χ0n) is 14.4. The fourth-order valence-corrected chi connectivity index (χ4v) is 3.15. The first-order valence-electron chi connectivity index (χ1n) is 8.20. The molecule has 0 unspecified atom stereocenters. The third kappa shape index (κ3) is 2.38. The molecule has 0 aliphatic heterocycles. The van der Waals surface area contributed by atoms with Gasteiger partial charge in [0.25, 0.3) is 0 Å². The number of nitrogens with zero attached hydrogens (tertiary/aromatic N) is 3. The minimum absolute atomic E-state index is 0.00735. The molecule has 4 aromatic rings. The van der Waals surface area contributed by atoms with Crippen LogP contribution in [0, 0.1) is 0 Å². The summed E-state index contributed by atoms with van der Waals surface area (Å²) in [6.07, 6.45) is 2.02. The van der Waals surface area contributed by atoms with E-state index in [9.17, 15) is 10.2 Å². The Hall–Kier alpha value is -3.15. The van der Waals surface area contributed by atoms with Crippen molar-refractivity contribution in [2.45, 2.75) is 19.8 Å². The normalized spacial score (nSPS) is 11.7. The van der Waals surface area contributed by atoms with Crippen molar-refractivity contribution in [3.8, 4) is 28.6 Å². The molecule has 2 aromatic carbocycles. The molecular formula is C19H20N4O2. The van der Waals surface area contributed by atoms with E-state index in [-0.39, 0.29) is 17.4 Å². The van der Waals surface area contributed by atoms with Gasteiger partial charge in [-0.25, -0.2) is 9.90 Å². The van der Waals surface area contributed by atoms with Crippen LogP contribution in [0.25, 0.3) is 28.0 Å². The monoisotopic (exact) mass is 336 g/mol. The molecule has 0 saturated carbocycles. The van der Waals surface area contributed by atoms with Gasteiger partial charge >= 0.3 is 0 Å². The first kappa shape index (κ1) is 15.4. The number of hydrogen-bond acceptors (Lipinski definition) is 3. The summed E-state index contributed by atoms with van der Waals surface area (Å²) in [5, 5.41) is 28.6. The van der Waals surface area contributed by atoms with Crippen LogP contribution in [0.2, 0.25) is 0 Å². The average molecular weight is 336 g/mol. The highest BCUT2D eigenvalue weighted by Crippen LogP contribution is 2.38. The number of hydrogen-bond donors (Lipinski definition) is 3. The van der Waals surface area contributed by atoms with Gasteiger partial charge in [0.1, 0.15) is 11.5 Å². The van der Waals surface area contributed by atoms with Gasteiger partial charge in [-0.15, -0.1) is 5.10 Å². The fraction of sp³-hybridized carbons (Fsp3) is 0.211. The summed E-state index contributed by atoms with van der Waals surface area (Å²) < 4.78 is 3.89. The van der Waals surface area contributed by atoms with Gasteiger partial charge in [-0.2, -0.15) is 0 Å². The zero-order valence-corrected chi connectivity index (χ0v) is 14.4. The van der Waals surface area contributed by atoms with Crippen LogP contribution in [0.3, 0.4) is 0 Å². The lowest BCUT2D eigenvalue weighted by Gasteiger charge is -2.19. The molecule has 0 atom stereocenters. The first-order chi connectivity index (χ1) is 12.0. The standard InChI is InChI=1S/C19H20N4O2/c1-11(2)14-9-15(18(25)10-17(14)24)19-20-21-23(19)13-4-5-16-12(8-13)6-7-22(16)3/h4-11,21,24-25H,1-3H3. The van der Waals surface area contributed by atoms with E-state index in [1.807, 2.05) is 37.8 Å². The van der Waals surface area contributed by atoms with E-state index < -0.39 is 0 Å². The molecule has 2 aromatic heterocycles. The van der Waals surface area contributed by atoms with Crippen LogP contribution in [0.4, 0.5) is 0 Å². The van der Waals surface area contributed by atoms with Crippen LogP contribution in [0.15, 0.2) is 42.6 Å². The molecule has 3 N–H and O–H groups in total. The number of fused-ring (bicyclic) bond motifs is 1. The molecule has 0 bridgehead atoms. The maximum atomic E-state index is 10.3. The maximum Gasteiger partial charge on any atom is 0.185 e. The Balaban J connectivity index is 1.81. The predicted molar refractivity (Wildman–Crippen MR) is 97.2 cm³/mol. The smallest absolute Gasteiger partial charge is 0.185 e. The number of aromatic hydroxyl groups is 2. The van der Waals surface area contributed by atoms with Gasteiger partial charge in [0.15, 0.2) is 5.82 Å². The number of benzene rings is 2. The number of H-pyrrole nitrogens is 1. The molecule has 0 saturated heterocycles. The lowest BCUT2D eigenvalue weighted by Crippen LogP contribution is -2.14. The van der Waals surface area contributed by atoms with Crippen molar-refractivity contribution in [2.24, 2.45) is 7.05 Å². The quantitative estimate of drug-likeness (QED) is 0.531. The predicted octanol–water partition coefficient (Wildman–Crippen LogP) is 3.89.